The fourth-order valence-electron chi connectivity index (χ4n) is 0.972. The number of terminal acetylenes is 1. The molecule has 0 saturated heterocycles. The van der Waals surface area contributed by atoms with Gasteiger partial charge in [-0.2, -0.15) is 4.72 Å². The molecule has 3 N–H and O–H groups in total. The Hall–Kier alpha value is -1.10. The number of anilines is 1. The molecule has 1 unspecified atom stereocenters. The van der Waals surface area contributed by atoms with Crippen molar-refractivity contribution in [2.75, 3.05) is 5.73 Å². The SMILES string of the molecule is C#CC(C)NS(=O)(=O)c1sc(N)nc1C. The summed E-state index contributed by atoms with van der Waals surface area (Å²) in [6.45, 7) is 3.17. The monoisotopic (exact) mass is 245 g/mol. The molecule has 0 amide bonds. The van der Waals surface area contributed by atoms with Crippen molar-refractivity contribution in [3.63, 3.8) is 0 Å². The Bertz CT molecular complexity index is 498. The highest BCUT2D eigenvalue weighted by Gasteiger charge is 2.22. The van der Waals surface area contributed by atoms with Crippen LogP contribution in [0.1, 0.15) is 12.6 Å². The van der Waals surface area contributed by atoms with Gasteiger partial charge in [0.2, 0.25) is 0 Å². The Morgan fingerprint density at radius 1 is 1.67 bits per heavy atom. The molecule has 1 heterocycles. The largest absolute Gasteiger partial charge is 0.375 e. The molecule has 0 spiro atoms. The number of nitrogen functional groups attached to an aromatic ring is 1. The van der Waals surface area contributed by atoms with E-state index in [1.807, 2.05) is 0 Å². The van der Waals surface area contributed by atoms with Crippen LogP contribution in [0.15, 0.2) is 4.21 Å². The first-order valence-electron chi connectivity index (χ1n) is 4.08. The summed E-state index contributed by atoms with van der Waals surface area (Å²) in [6.07, 6.45) is 5.09. The molecule has 7 heteroatoms. The Kier molecular flexibility index (Phi) is 3.34. The average Bonchev–Trinajstić information content (AvgIpc) is 2.45. The van der Waals surface area contributed by atoms with Gasteiger partial charge in [-0.1, -0.05) is 17.3 Å². The molecule has 0 aliphatic heterocycles. The third kappa shape index (κ3) is 2.68. The maximum Gasteiger partial charge on any atom is 0.253 e. The van der Waals surface area contributed by atoms with Crippen molar-refractivity contribution in [1.29, 1.82) is 0 Å². The number of sulfonamides is 1. The Morgan fingerprint density at radius 3 is 2.67 bits per heavy atom. The molecule has 1 rings (SSSR count). The van der Waals surface area contributed by atoms with E-state index in [0.29, 0.717) is 5.69 Å². The lowest BCUT2D eigenvalue weighted by atomic mass is 10.4. The summed E-state index contributed by atoms with van der Waals surface area (Å²) in [7, 11) is -3.60. The molecular formula is C8H11N3O2S2. The highest BCUT2D eigenvalue weighted by Crippen LogP contribution is 2.24. The van der Waals surface area contributed by atoms with E-state index in [4.69, 9.17) is 12.2 Å². The van der Waals surface area contributed by atoms with Crippen LogP contribution in [-0.4, -0.2) is 19.4 Å². The topological polar surface area (TPSA) is 85.1 Å². The molecule has 1 atom stereocenters. The van der Waals surface area contributed by atoms with E-state index < -0.39 is 16.1 Å². The van der Waals surface area contributed by atoms with Crippen molar-refractivity contribution < 1.29 is 8.42 Å². The number of thiazole rings is 1. The van der Waals surface area contributed by atoms with Crippen molar-refractivity contribution in [1.82, 2.24) is 9.71 Å². The molecule has 0 fully saturated rings. The van der Waals surface area contributed by atoms with E-state index in [9.17, 15) is 8.42 Å². The predicted octanol–water partition coefficient (Wildman–Crippen LogP) is 0.334. The van der Waals surface area contributed by atoms with Gasteiger partial charge >= 0.3 is 0 Å². The summed E-state index contributed by atoms with van der Waals surface area (Å²) in [4.78, 5) is 3.84. The van der Waals surface area contributed by atoms with Gasteiger partial charge in [0.15, 0.2) is 9.34 Å². The van der Waals surface area contributed by atoms with Crippen LogP contribution in [-0.2, 0) is 10.0 Å². The van der Waals surface area contributed by atoms with E-state index in [1.54, 1.807) is 13.8 Å². The van der Waals surface area contributed by atoms with Crippen LogP contribution in [0.25, 0.3) is 0 Å². The lowest BCUT2D eigenvalue weighted by Crippen LogP contribution is -2.31. The number of nitrogens with one attached hydrogen (secondary N) is 1. The molecule has 1 aromatic heterocycles. The van der Waals surface area contributed by atoms with Gasteiger partial charge in [-0.3, -0.25) is 0 Å². The van der Waals surface area contributed by atoms with Gasteiger partial charge in [0.25, 0.3) is 10.0 Å². The van der Waals surface area contributed by atoms with Crippen LogP contribution in [0.5, 0.6) is 0 Å². The average molecular weight is 245 g/mol. The van der Waals surface area contributed by atoms with Crippen molar-refractivity contribution in [3.05, 3.63) is 5.69 Å². The molecule has 15 heavy (non-hydrogen) atoms. The minimum Gasteiger partial charge on any atom is -0.375 e. The number of nitrogens with zero attached hydrogens (tertiary/aromatic N) is 1. The van der Waals surface area contributed by atoms with Gasteiger partial charge in [-0.15, -0.1) is 6.42 Å². The smallest absolute Gasteiger partial charge is 0.253 e. The molecule has 0 aliphatic carbocycles. The third-order valence-corrected chi connectivity index (χ3v) is 4.73. The minimum atomic E-state index is -3.60. The molecule has 0 saturated carbocycles. The first kappa shape index (κ1) is 12.0. The quantitative estimate of drug-likeness (QED) is 0.752. The summed E-state index contributed by atoms with van der Waals surface area (Å²) in [5, 5.41) is 0.223. The number of hydrogen-bond acceptors (Lipinski definition) is 5. The van der Waals surface area contributed by atoms with Gasteiger partial charge in [-0.25, -0.2) is 13.4 Å². The highest BCUT2D eigenvalue weighted by molar-refractivity contribution is 7.91. The van der Waals surface area contributed by atoms with E-state index >= 15 is 0 Å². The van der Waals surface area contributed by atoms with E-state index in [1.165, 1.54) is 0 Å². The molecule has 1 aromatic rings. The molecule has 0 aromatic carbocycles. The van der Waals surface area contributed by atoms with Crippen LogP contribution >= 0.6 is 11.3 Å². The second-order valence-electron chi connectivity index (χ2n) is 2.93. The van der Waals surface area contributed by atoms with Crippen molar-refractivity contribution in [2.24, 2.45) is 0 Å². The number of aromatic nitrogens is 1. The standard InChI is InChI=1S/C8H11N3O2S2/c1-4-5(2)11-15(12,13)7-6(3)10-8(9)14-7/h1,5,11H,2-3H3,(H2,9,10). The number of aryl methyl sites for hydroxylation is 1. The normalized spacial score (nSPS) is 13.4. The van der Waals surface area contributed by atoms with Crippen molar-refractivity contribution in [3.8, 4) is 12.3 Å². The molecule has 0 radical (unpaired) electrons. The number of rotatable bonds is 3. The Balaban J connectivity index is 3.08. The van der Waals surface area contributed by atoms with E-state index in [0.717, 1.165) is 11.3 Å². The van der Waals surface area contributed by atoms with E-state index in [-0.39, 0.29) is 9.34 Å². The zero-order chi connectivity index (χ0) is 11.6. The maximum absolute atomic E-state index is 11.7. The zero-order valence-corrected chi connectivity index (χ0v) is 9.95. The zero-order valence-electron chi connectivity index (χ0n) is 8.31. The summed E-state index contributed by atoms with van der Waals surface area (Å²) in [5.41, 5.74) is 5.80. The Labute approximate surface area is 92.8 Å². The predicted molar refractivity (Wildman–Crippen MR) is 59.9 cm³/mol. The lowest BCUT2D eigenvalue weighted by molar-refractivity contribution is 0.579. The van der Waals surface area contributed by atoms with Crippen LogP contribution in [0, 0.1) is 19.3 Å². The van der Waals surface area contributed by atoms with Gasteiger partial charge in [-0.05, 0) is 13.8 Å². The highest BCUT2D eigenvalue weighted by atomic mass is 32.2. The number of nitrogens with two attached hydrogens (primary N) is 1. The molecule has 0 aliphatic rings. The second-order valence-corrected chi connectivity index (χ2v) is 5.87. The van der Waals surface area contributed by atoms with Gasteiger partial charge in [0.1, 0.15) is 0 Å². The summed E-state index contributed by atoms with van der Waals surface area (Å²) in [5.74, 6) is 2.28. The first-order chi connectivity index (χ1) is 6.86. The fourth-order valence-corrected chi connectivity index (χ4v) is 3.45. The van der Waals surface area contributed by atoms with Crippen LogP contribution in [0.3, 0.4) is 0 Å². The van der Waals surface area contributed by atoms with Crippen LogP contribution < -0.4 is 10.5 Å². The summed E-state index contributed by atoms with van der Waals surface area (Å²) >= 11 is 0.921. The lowest BCUT2D eigenvalue weighted by Gasteiger charge is -2.06. The third-order valence-electron chi connectivity index (χ3n) is 1.60. The minimum absolute atomic E-state index is 0.113. The molecular weight excluding hydrogens is 234 g/mol. The first-order valence-corrected chi connectivity index (χ1v) is 6.38. The van der Waals surface area contributed by atoms with Crippen LogP contribution in [0.4, 0.5) is 5.13 Å². The van der Waals surface area contributed by atoms with Crippen LogP contribution in [0.2, 0.25) is 0 Å². The van der Waals surface area contributed by atoms with Crippen molar-refractivity contribution in [2.45, 2.75) is 24.1 Å². The molecule has 0 bridgehead atoms. The molecule has 5 nitrogen and oxygen atoms in total. The summed E-state index contributed by atoms with van der Waals surface area (Å²) < 4.78 is 25.9. The Morgan fingerprint density at radius 2 is 2.27 bits per heavy atom. The van der Waals surface area contributed by atoms with Gasteiger partial charge in [0, 0.05) is 0 Å². The van der Waals surface area contributed by atoms with Gasteiger partial charge < -0.3 is 5.73 Å². The number of hydrogen-bond donors (Lipinski definition) is 2. The maximum atomic E-state index is 11.7. The fraction of sp³-hybridized carbons (Fsp3) is 0.375. The molecule has 82 valence electrons. The van der Waals surface area contributed by atoms with Gasteiger partial charge in [0.05, 0.1) is 11.7 Å². The second kappa shape index (κ2) is 4.18. The van der Waals surface area contributed by atoms with E-state index in [2.05, 4.69) is 15.6 Å². The van der Waals surface area contributed by atoms with Crippen molar-refractivity contribution >= 4 is 26.5 Å². The summed E-state index contributed by atoms with van der Waals surface area (Å²) in [6, 6.07) is -0.558.